The van der Waals surface area contributed by atoms with Gasteiger partial charge in [-0.15, -0.1) is 0 Å². The number of β-amino-alcohol motifs (C(OH)–C–C–N with tert-alkyl or cyclic N) is 1. The number of ether oxygens (including phenoxy) is 1. The molecule has 0 amide bonds. The second-order valence-electron chi connectivity index (χ2n) is 6.41. The van der Waals surface area contributed by atoms with Gasteiger partial charge in [0.05, 0.1) is 24.9 Å². The van der Waals surface area contributed by atoms with Crippen molar-refractivity contribution in [3.63, 3.8) is 0 Å². The van der Waals surface area contributed by atoms with Crippen LogP contribution < -0.4 is 9.75 Å². The predicted molar refractivity (Wildman–Crippen MR) is 101 cm³/mol. The summed E-state index contributed by atoms with van der Waals surface area (Å²) in [4.78, 5) is 6.96. The van der Waals surface area contributed by atoms with Crippen molar-refractivity contribution in [1.29, 1.82) is 0 Å². The van der Waals surface area contributed by atoms with Crippen LogP contribution in [0, 0.1) is 6.92 Å². The summed E-state index contributed by atoms with van der Waals surface area (Å²) in [6.07, 6.45) is 1.88. The van der Waals surface area contributed by atoms with Gasteiger partial charge in [-0.1, -0.05) is 0 Å². The standard InChI is InChI=1S/C19H28N4O2/c1-4-23(22-9-7-21(8-10-22)11-12-24)18-14-16(25-3)13-17-15(2)5-6-20-19(17)18/h5-6,13-14,24H,4,7-12H2,1-3H3. The molecule has 0 bridgehead atoms. The van der Waals surface area contributed by atoms with Gasteiger partial charge in [0.15, 0.2) is 0 Å². The molecule has 136 valence electrons. The van der Waals surface area contributed by atoms with Crippen molar-refractivity contribution in [2.45, 2.75) is 13.8 Å². The van der Waals surface area contributed by atoms with Crippen LogP contribution in [-0.4, -0.2) is 73.0 Å². The van der Waals surface area contributed by atoms with E-state index in [1.165, 1.54) is 5.56 Å². The average molecular weight is 344 g/mol. The van der Waals surface area contributed by atoms with Crippen molar-refractivity contribution >= 4 is 16.6 Å². The van der Waals surface area contributed by atoms with Crippen LogP contribution in [0.4, 0.5) is 5.69 Å². The van der Waals surface area contributed by atoms with E-state index in [2.05, 4.69) is 45.9 Å². The van der Waals surface area contributed by atoms with E-state index >= 15 is 0 Å². The van der Waals surface area contributed by atoms with Gasteiger partial charge in [0.2, 0.25) is 0 Å². The van der Waals surface area contributed by atoms with Crippen LogP contribution >= 0.6 is 0 Å². The van der Waals surface area contributed by atoms with Crippen LogP contribution in [0.5, 0.6) is 5.75 Å². The number of methoxy groups -OCH3 is 1. The molecule has 1 N–H and O–H groups in total. The molecule has 2 heterocycles. The van der Waals surface area contributed by atoms with Gasteiger partial charge in [0.1, 0.15) is 5.75 Å². The molecule has 3 rings (SSSR count). The Morgan fingerprint density at radius 2 is 2.00 bits per heavy atom. The average Bonchev–Trinajstić information content (AvgIpc) is 2.64. The van der Waals surface area contributed by atoms with E-state index in [0.29, 0.717) is 0 Å². The third-order valence-corrected chi connectivity index (χ3v) is 4.94. The zero-order chi connectivity index (χ0) is 17.8. The van der Waals surface area contributed by atoms with E-state index in [-0.39, 0.29) is 6.61 Å². The van der Waals surface area contributed by atoms with E-state index in [1.54, 1.807) is 7.11 Å². The van der Waals surface area contributed by atoms with Crippen LogP contribution in [-0.2, 0) is 0 Å². The van der Waals surface area contributed by atoms with E-state index in [9.17, 15) is 0 Å². The number of pyridine rings is 1. The predicted octanol–water partition coefficient (Wildman–Crippen LogP) is 1.90. The summed E-state index contributed by atoms with van der Waals surface area (Å²) in [5.74, 6) is 0.857. The van der Waals surface area contributed by atoms with Crippen LogP contribution in [0.25, 0.3) is 10.9 Å². The fraction of sp³-hybridized carbons (Fsp3) is 0.526. The third kappa shape index (κ3) is 3.71. The van der Waals surface area contributed by atoms with Crippen LogP contribution in [0.3, 0.4) is 0 Å². The number of aryl methyl sites for hydroxylation is 1. The first-order chi connectivity index (χ1) is 12.2. The highest BCUT2D eigenvalue weighted by Gasteiger charge is 2.23. The maximum atomic E-state index is 9.13. The number of benzene rings is 1. The minimum atomic E-state index is 0.223. The molecule has 6 nitrogen and oxygen atoms in total. The third-order valence-electron chi connectivity index (χ3n) is 4.94. The molecule has 1 fully saturated rings. The molecule has 1 aromatic heterocycles. The number of hydrazine groups is 1. The fourth-order valence-corrected chi connectivity index (χ4v) is 3.52. The van der Waals surface area contributed by atoms with Crippen LogP contribution in [0.2, 0.25) is 0 Å². The van der Waals surface area contributed by atoms with Crippen LogP contribution in [0.15, 0.2) is 24.4 Å². The SMILES string of the molecule is CCN(c1cc(OC)cc2c(C)ccnc12)N1CCN(CCO)CC1. The molecule has 1 aromatic carbocycles. The first-order valence-electron chi connectivity index (χ1n) is 8.97. The number of rotatable bonds is 6. The molecule has 0 radical (unpaired) electrons. The van der Waals surface area contributed by atoms with Gasteiger partial charge in [-0.05, 0) is 31.5 Å². The number of piperazine rings is 1. The number of nitrogens with zero attached hydrogens (tertiary/aromatic N) is 4. The van der Waals surface area contributed by atoms with Gasteiger partial charge in [-0.2, -0.15) is 0 Å². The smallest absolute Gasteiger partial charge is 0.121 e. The normalized spacial score (nSPS) is 16.3. The molecule has 1 saturated heterocycles. The zero-order valence-electron chi connectivity index (χ0n) is 15.4. The first kappa shape index (κ1) is 17.9. The molecule has 0 unspecified atom stereocenters. The van der Waals surface area contributed by atoms with Gasteiger partial charge in [-0.25, -0.2) is 5.01 Å². The van der Waals surface area contributed by atoms with Gasteiger partial charge in [0.25, 0.3) is 0 Å². The summed E-state index contributed by atoms with van der Waals surface area (Å²) in [6, 6.07) is 6.18. The lowest BCUT2D eigenvalue weighted by Crippen LogP contribution is -2.54. The molecule has 25 heavy (non-hydrogen) atoms. The lowest BCUT2D eigenvalue weighted by molar-refractivity contribution is 0.105. The summed E-state index contributed by atoms with van der Waals surface area (Å²) in [5, 5.41) is 15.0. The summed E-state index contributed by atoms with van der Waals surface area (Å²) >= 11 is 0. The second kappa shape index (κ2) is 7.99. The second-order valence-corrected chi connectivity index (χ2v) is 6.41. The monoisotopic (exact) mass is 344 g/mol. The number of aliphatic hydroxyl groups is 1. The van der Waals surface area contributed by atoms with Gasteiger partial charge >= 0.3 is 0 Å². The van der Waals surface area contributed by atoms with Crippen molar-refractivity contribution in [2.24, 2.45) is 0 Å². The molecule has 0 saturated carbocycles. The molecule has 0 aliphatic carbocycles. The van der Waals surface area contributed by atoms with Crippen molar-refractivity contribution in [2.75, 3.05) is 58.0 Å². The maximum Gasteiger partial charge on any atom is 0.121 e. The molecular weight excluding hydrogens is 316 g/mol. The molecule has 0 atom stereocenters. The van der Waals surface area contributed by atoms with Gasteiger partial charge < -0.3 is 14.9 Å². The van der Waals surface area contributed by atoms with Crippen LogP contribution in [0.1, 0.15) is 12.5 Å². The Morgan fingerprint density at radius 3 is 2.64 bits per heavy atom. The lowest BCUT2D eigenvalue weighted by Gasteiger charge is -2.42. The topological polar surface area (TPSA) is 52.1 Å². The quantitative estimate of drug-likeness (QED) is 0.864. The van der Waals surface area contributed by atoms with Crippen molar-refractivity contribution in [3.05, 3.63) is 30.0 Å². The largest absolute Gasteiger partial charge is 0.497 e. The lowest BCUT2D eigenvalue weighted by atomic mass is 10.1. The molecule has 6 heteroatoms. The van der Waals surface area contributed by atoms with Gasteiger partial charge in [-0.3, -0.25) is 9.88 Å². The minimum absolute atomic E-state index is 0.223. The Bertz CT molecular complexity index is 714. The number of fused-ring (bicyclic) bond motifs is 1. The van der Waals surface area contributed by atoms with Gasteiger partial charge in [0, 0.05) is 56.9 Å². The highest BCUT2D eigenvalue weighted by Crippen LogP contribution is 2.33. The van der Waals surface area contributed by atoms with E-state index in [4.69, 9.17) is 9.84 Å². The van der Waals surface area contributed by atoms with Crippen molar-refractivity contribution in [3.8, 4) is 5.75 Å². The Hall–Kier alpha value is -1.89. The highest BCUT2D eigenvalue weighted by molar-refractivity contribution is 5.94. The first-order valence-corrected chi connectivity index (χ1v) is 8.97. The maximum absolute atomic E-state index is 9.13. The molecule has 1 aliphatic heterocycles. The number of anilines is 1. The number of aliphatic hydroxyl groups excluding tert-OH is 1. The number of hydrogen-bond acceptors (Lipinski definition) is 6. The van der Waals surface area contributed by atoms with Crippen molar-refractivity contribution in [1.82, 2.24) is 14.9 Å². The van der Waals surface area contributed by atoms with E-state index in [1.807, 2.05) is 12.3 Å². The molecular formula is C19H28N4O2. The molecule has 1 aliphatic rings. The summed E-state index contributed by atoms with van der Waals surface area (Å²) in [6.45, 7) is 9.94. The minimum Gasteiger partial charge on any atom is -0.497 e. The Morgan fingerprint density at radius 1 is 1.24 bits per heavy atom. The molecule has 0 spiro atoms. The Kier molecular flexibility index (Phi) is 5.73. The highest BCUT2D eigenvalue weighted by atomic mass is 16.5. The van der Waals surface area contributed by atoms with E-state index in [0.717, 1.165) is 61.6 Å². The summed E-state index contributed by atoms with van der Waals surface area (Å²) < 4.78 is 5.54. The van der Waals surface area contributed by atoms with E-state index < -0.39 is 0 Å². The summed E-state index contributed by atoms with van der Waals surface area (Å²) in [5.41, 5.74) is 3.31. The Labute approximate surface area is 149 Å². The molecule has 2 aromatic rings. The van der Waals surface area contributed by atoms with Crippen molar-refractivity contribution < 1.29 is 9.84 Å². The fourth-order valence-electron chi connectivity index (χ4n) is 3.52. The summed E-state index contributed by atoms with van der Waals surface area (Å²) in [7, 11) is 1.71. The number of hydrogen-bond donors (Lipinski definition) is 1. The Balaban J connectivity index is 1.94. The zero-order valence-corrected chi connectivity index (χ0v) is 15.4. The number of aromatic nitrogens is 1.